The molecule has 0 aromatic carbocycles. The molecule has 0 spiro atoms. The van der Waals surface area contributed by atoms with Crippen molar-refractivity contribution in [3.05, 3.63) is 0 Å². The van der Waals surface area contributed by atoms with Crippen molar-refractivity contribution in [1.29, 1.82) is 0 Å². The highest BCUT2D eigenvalue weighted by Gasteiger charge is 2.44. The molecule has 0 aromatic heterocycles. The van der Waals surface area contributed by atoms with Crippen molar-refractivity contribution < 1.29 is 32.6 Å². The van der Waals surface area contributed by atoms with Crippen LogP contribution in [0.5, 0.6) is 0 Å². The van der Waals surface area contributed by atoms with Gasteiger partial charge in [0.1, 0.15) is 12.2 Å². The van der Waals surface area contributed by atoms with Crippen LogP contribution in [0.1, 0.15) is 48.0 Å². The standard InChI is InChI=1S/C18H33O7P/c1-8-15-18(11(3)13(5)22-15)25-26(20-7)21-9-16-17(24-14(6)19)10(2)12(4)23-16/h10-13,15-18H,8-9H2,1-7H3. The molecule has 2 rings (SSSR count). The Hall–Kier alpha value is -0.300. The van der Waals surface area contributed by atoms with Gasteiger partial charge >= 0.3 is 14.6 Å². The Bertz CT molecular complexity index is 463. The van der Waals surface area contributed by atoms with Gasteiger partial charge in [-0.15, -0.1) is 0 Å². The van der Waals surface area contributed by atoms with Gasteiger partial charge in [-0.25, -0.2) is 0 Å². The Labute approximate surface area is 158 Å². The van der Waals surface area contributed by atoms with Gasteiger partial charge in [0.2, 0.25) is 0 Å². The Kier molecular flexibility index (Phi) is 8.26. The van der Waals surface area contributed by atoms with Crippen LogP contribution in [0.25, 0.3) is 0 Å². The molecular formula is C18H33O7P. The number of hydrogen-bond donors (Lipinski definition) is 0. The van der Waals surface area contributed by atoms with Gasteiger partial charge < -0.3 is 27.8 Å². The second-order valence-electron chi connectivity index (χ2n) is 7.23. The van der Waals surface area contributed by atoms with Crippen molar-refractivity contribution in [3.63, 3.8) is 0 Å². The lowest BCUT2D eigenvalue weighted by molar-refractivity contribution is -0.151. The lowest BCUT2D eigenvalue weighted by Gasteiger charge is -2.26. The topological polar surface area (TPSA) is 72.5 Å². The molecule has 0 N–H and O–H groups in total. The van der Waals surface area contributed by atoms with Crippen molar-refractivity contribution in [2.75, 3.05) is 13.7 Å². The summed E-state index contributed by atoms with van der Waals surface area (Å²) in [5.41, 5.74) is 0. The van der Waals surface area contributed by atoms with Crippen LogP contribution in [-0.2, 0) is 32.6 Å². The van der Waals surface area contributed by atoms with Crippen molar-refractivity contribution >= 4 is 14.6 Å². The number of rotatable bonds is 8. The molecule has 26 heavy (non-hydrogen) atoms. The highest BCUT2D eigenvalue weighted by molar-refractivity contribution is 7.41. The van der Waals surface area contributed by atoms with Crippen LogP contribution in [0, 0.1) is 11.8 Å². The summed E-state index contributed by atoms with van der Waals surface area (Å²) in [5.74, 6) is 0.0579. The van der Waals surface area contributed by atoms with Crippen LogP contribution in [0.4, 0.5) is 0 Å². The van der Waals surface area contributed by atoms with E-state index in [-0.39, 0.29) is 61.0 Å². The van der Waals surface area contributed by atoms with E-state index in [1.54, 1.807) is 7.11 Å². The van der Waals surface area contributed by atoms with Crippen LogP contribution in [0.2, 0.25) is 0 Å². The average molecular weight is 392 g/mol. The highest BCUT2D eigenvalue weighted by Crippen LogP contribution is 2.46. The third-order valence-corrected chi connectivity index (χ3v) is 6.51. The number of esters is 1. The van der Waals surface area contributed by atoms with Crippen LogP contribution < -0.4 is 0 Å². The van der Waals surface area contributed by atoms with E-state index in [1.807, 2.05) is 13.8 Å². The van der Waals surface area contributed by atoms with E-state index >= 15 is 0 Å². The summed E-state index contributed by atoms with van der Waals surface area (Å²) in [7, 11) is 0.0382. The maximum absolute atomic E-state index is 11.4. The van der Waals surface area contributed by atoms with Gasteiger partial charge in [-0.2, -0.15) is 0 Å². The summed E-state index contributed by atoms with van der Waals surface area (Å²) < 4.78 is 34.7. The lowest BCUT2D eigenvalue weighted by atomic mass is 9.98. The molecule has 8 heteroatoms. The number of ether oxygens (including phenoxy) is 3. The van der Waals surface area contributed by atoms with E-state index in [0.29, 0.717) is 0 Å². The highest BCUT2D eigenvalue weighted by atomic mass is 31.2. The molecule has 0 aliphatic carbocycles. The zero-order chi connectivity index (χ0) is 19.4. The molecule has 0 radical (unpaired) electrons. The van der Waals surface area contributed by atoms with Gasteiger partial charge in [-0.3, -0.25) is 4.79 Å². The van der Waals surface area contributed by atoms with E-state index in [9.17, 15) is 4.79 Å². The van der Waals surface area contributed by atoms with E-state index < -0.39 is 8.60 Å². The average Bonchev–Trinajstić information content (AvgIpc) is 3.02. The van der Waals surface area contributed by atoms with Gasteiger partial charge in [0.05, 0.1) is 31.0 Å². The SMILES string of the molecule is CCC1OC(C)C(C)C1OP(OC)OCC1OC(C)C(C)C1OC(C)=O. The quantitative estimate of drug-likeness (QED) is 0.463. The largest absolute Gasteiger partial charge is 0.459 e. The van der Waals surface area contributed by atoms with Crippen LogP contribution in [-0.4, -0.2) is 56.3 Å². The predicted octanol–water partition coefficient (Wildman–Crippen LogP) is 3.45. The Morgan fingerprint density at radius 2 is 1.58 bits per heavy atom. The monoisotopic (exact) mass is 392 g/mol. The molecule has 9 unspecified atom stereocenters. The van der Waals surface area contributed by atoms with Crippen LogP contribution >= 0.6 is 8.60 Å². The first kappa shape index (κ1) is 22.0. The van der Waals surface area contributed by atoms with E-state index in [2.05, 4.69) is 20.8 Å². The smallest absolute Gasteiger partial charge is 0.332 e. The molecule has 0 aromatic rings. The summed E-state index contributed by atoms with van der Waals surface area (Å²) in [6.07, 6.45) is 0.344. The zero-order valence-corrected chi connectivity index (χ0v) is 17.7. The van der Waals surface area contributed by atoms with Crippen LogP contribution in [0.15, 0.2) is 0 Å². The minimum Gasteiger partial charge on any atom is -0.459 e. The third-order valence-electron chi connectivity index (χ3n) is 5.43. The van der Waals surface area contributed by atoms with Gasteiger partial charge in [-0.05, 0) is 20.3 Å². The first-order valence-electron chi connectivity index (χ1n) is 9.40. The molecule has 2 heterocycles. The molecular weight excluding hydrogens is 359 g/mol. The lowest BCUT2D eigenvalue weighted by Crippen LogP contribution is -2.34. The molecule has 2 aliphatic rings. The molecule has 0 amide bonds. The first-order valence-corrected chi connectivity index (χ1v) is 10.5. The Morgan fingerprint density at radius 3 is 2.12 bits per heavy atom. The van der Waals surface area contributed by atoms with Gasteiger partial charge in [0.15, 0.2) is 0 Å². The molecule has 152 valence electrons. The second kappa shape index (κ2) is 9.76. The number of carbonyl (C=O) groups excluding carboxylic acids is 1. The molecule has 9 atom stereocenters. The van der Waals surface area contributed by atoms with E-state index in [1.165, 1.54) is 6.92 Å². The Balaban J connectivity index is 1.92. The predicted molar refractivity (Wildman–Crippen MR) is 97.6 cm³/mol. The van der Waals surface area contributed by atoms with Gasteiger partial charge in [0.25, 0.3) is 0 Å². The van der Waals surface area contributed by atoms with Gasteiger partial charge in [-0.1, -0.05) is 20.8 Å². The van der Waals surface area contributed by atoms with Crippen molar-refractivity contribution in [2.45, 2.75) is 84.6 Å². The molecule has 2 aliphatic heterocycles. The normalized spacial score (nSPS) is 41.3. The van der Waals surface area contributed by atoms with E-state index in [0.717, 1.165) is 6.42 Å². The molecule has 2 saturated heterocycles. The van der Waals surface area contributed by atoms with E-state index in [4.69, 9.17) is 27.8 Å². The Morgan fingerprint density at radius 1 is 1.00 bits per heavy atom. The number of hydrogen-bond acceptors (Lipinski definition) is 7. The van der Waals surface area contributed by atoms with Crippen LogP contribution in [0.3, 0.4) is 0 Å². The zero-order valence-electron chi connectivity index (χ0n) is 16.8. The second-order valence-corrected chi connectivity index (χ2v) is 8.51. The first-order chi connectivity index (χ1) is 12.3. The number of carbonyl (C=O) groups is 1. The molecule has 0 saturated carbocycles. The maximum atomic E-state index is 11.4. The molecule has 7 nitrogen and oxygen atoms in total. The molecule has 2 fully saturated rings. The fourth-order valence-electron chi connectivity index (χ4n) is 3.53. The van der Waals surface area contributed by atoms with Gasteiger partial charge in [0, 0.05) is 25.9 Å². The minimum atomic E-state index is -1.53. The summed E-state index contributed by atoms with van der Waals surface area (Å²) in [6.45, 7) is 11.9. The summed E-state index contributed by atoms with van der Waals surface area (Å²) in [6, 6.07) is 0. The summed E-state index contributed by atoms with van der Waals surface area (Å²) in [5, 5.41) is 0. The van der Waals surface area contributed by atoms with Crippen molar-refractivity contribution in [3.8, 4) is 0 Å². The maximum Gasteiger partial charge on any atom is 0.332 e. The van der Waals surface area contributed by atoms with Crippen molar-refractivity contribution in [1.82, 2.24) is 0 Å². The third kappa shape index (κ3) is 5.15. The minimum absolute atomic E-state index is 0.00350. The molecule has 0 bridgehead atoms. The fourth-order valence-corrected chi connectivity index (χ4v) is 4.57. The fraction of sp³-hybridized carbons (Fsp3) is 0.944. The van der Waals surface area contributed by atoms with Crippen molar-refractivity contribution in [2.24, 2.45) is 11.8 Å². The summed E-state index contributed by atoms with van der Waals surface area (Å²) >= 11 is 0. The summed E-state index contributed by atoms with van der Waals surface area (Å²) in [4.78, 5) is 11.4.